The van der Waals surface area contributed by atoms with Crippen molar-refractivity contribution in [2.75, 3.05) is 6.54 Å². The zero-order valence-electron chi connectivity index (χ0n) is 28.6. The van der Waals surface area contributed by atoms with Crippen LogP contribution in [0.4, 0.5) is 4.79 Å². The number of hydrogen-bond donors (Lipinski definition) is 3. The number of carbonyl (C=O) groups is 4. The SMILES string of the molecule is Cc1cccc2c(O[C@@H]3C[C@H]4C(=O)N[C@]5(C(=O)O)C[C@H]5/C=C\CCCC[C@H](NC(=O)OC5CCCC5)CC(=O)N4C3)cc(OC(C)C)nc12. The maximum atomic E-state index is 14.1. The number of fused-ring (bicyclic) bond motifs is 3. The average Bonchev–Trinajstić information content (AvgIpc) is 3.33. The summed E-state index contributed by atoms with van der Waals surface area (Å²) in [5.74, 6) is -1.35. The number of alkyl carbamates (subject to hydrolysis) is 1. The maximum absolute atomic E-state index is 14.1. The Hall–Kier alpha value is -4.35. The Balaban J connectivity index is 1.27. The van der Waals surface area contributed by atoms with Crippen molar-refractivity contribution in [3.8, 4) is 11.6 Å². The van der Waals surface area contributed by atoms with Gasteiger partial charge in [0.15, 0.2) is 0 Å². The fourth-order valence-electron chi connectivity index (χ4n) is 7.42. The topological polar surface area (TPSA) is 156 Å². The van der Waals surface area contributed by atoms with Gasteiger partial charge in [-0.3, -0.25) is 9.59 Å². The smallest absolute Gasteiger partial charge is 0.407 e. The molecule has 12 heteroatoms. The fourth-order valence-corrected chi connectivity index (χ4v) is 7.42. The number of nitrogens with one attached hydrogen (secondary N) is 2. The highest BCUT2D eigenvalue weighted by Gasteiger charge is 2.61. The lowest BCUT2D eigenvalue weighted by Crippen LogP contribution is -2.53. The molecule has 49 heavy (non-hydrogen) atoms. The van der Waals surface area contributed by atoms with E-state index in [1.807, 2.05) is 51.1 Å². The summed E-state index contributed by atoms with van der Waals surface area (Å²) >= 11 is 0. The van der Waals surface area contributed by atoms with Gasteiger partial charge in [0.1, 0.15) is 29.5 Å². The normalized spacial score (nSPS) is 28.5. The first-order chi connectivity index (χ1) is 23.5. The largest absolute Gasteiger partial charge is 0.488 e. The van der Waals surface area contributed by atoms with Crippen molar-refractivity contribution in [1.82, 2.24) is 20.5 Å². The van der Waals surface area contributed by atoms with Crippen LogP contribution >= 0.6 is 0 Å². The number of para-hydroxylation sites is 1. The van der Waals surface area contributed by atoms with Gasteiger partial charge >= 0.3 is 12.1 Å². The van der Waals surface area contributed by atoms with E-state index in [-0.39, 0.29) is 43.4 Å². The molecular weight excluding hydrogens is 628 g/mol. The van der Waals surface area contributed by atoms with Crippen molar-refractivity contribution in [3.63, 3.8) is 0 Å². The Morgan fingerprint density at radius 1 is 1.10 bits per heavy atom. The van der Waals surface area contributed by atoms with Gasteiger partial charge in [-0.25, -0.2) is 14.6 Å². The summed E-state index contributed by atoms with van der Waals surface area (Å²) < 4.78 is 18.2. The van der Waals surface area contributed by atoms with Crippen LogP contribution in [-0.4, -0.2) is 81.3 Å². The summed E-state index contributed by atoms with van der Waals surface area (Å²) in [6.07, 6.45) is 9.52. The van der Waals surface area contributed by atoms with Crippen LogP contribution in [0, 0.1) is 12.8 Å². The lowest BCUT2D eigenvalue weighted by molar-refractivity contribution is -0.145. The molecule has 12 nitrogen and oxygen atoms in total. The Morgan fingerprint density at radius 3 is 2.63 bits per heavy atom. The van der Waals surface area contributed by atoms with E-state index in [2.05, 4.69) is 10.6 Å². The van der Waals surface area contributed by atoms with Gasteiger partial charge in [-0.15, -0.1) is 0 Å². The van der Waals surface area contributed by atoms with Crippen molar-refractivity contribution >= 4 is 34.8 Å². The second-order valence-electron chi connectivity index (χ2n) is 14.3. The van der Waals surface area contributed by atoms with Crippen molar-refractivity contribution in [1.29, 1.82) is 0 Å². The van der Waals surface area contributed by atoms with Crippen LogP contribution < -0.4 is 20.1 Å². The molecule has 2 saturated carbocycles. The third-order valence-electron chi connectivity index (χ3n) is 10.1. The molecule has 264 valence electrons. The minimum absolute atomic E-state index is 0.0252. The highest BCUT2D eigenvalue weighted by molar-refractivity contribution is 5.95. The van der Waals surface area contributed by atoms with Crippen LogP contribution in [0.1, 0.15) is 90.0 Å². The predicted octanol–water partition coefficient (Wildman–Crippen LogP) is 5.20. The summed E-state index contributed by atoms with van der Waals surface area (Å²) in [6.45, 7) is 5.89. The number of amides is 3. The Labute approximate surface area is 286 Å². The molecule has 0 spiro atoms. The third-order valence-corrected chi connectivity index (χ3v) is 10.1. The Morgan fingerprint density at radius 2 is 1.88 bits per heavy atom. The second-order valence-corrected chi connectivity index (χ2v) is 14.3. The van der Waals surface area contributed by atoms with Gasteiger partial charge in [0, 0.05) is 36.3 Å². The monoisotopic (exact) mass is 676 g/mol. The van der Waals surface area contributed by atoms with E-state index in [9.17, 15) is 24.3 Å². The van der Waals surface area contributed by atoms with Gasteiger partial charge in [-0.05, 0) is 83.8 Å². The minimum Gasteiger partial charge on any atom is -0.488 e. The van der Waals surface area contributed by atoms with E-state index in [4.69, 9.17) is 19.2 Å². The van der Waals surface area contributed by atoms with Gasteiger partial charge in [0.05, 0.1) is 18.2 Å². The third kappa shape index (κ3) is 7.94. The number of carbonyl (C=O) groups excluding carboxylic acids is 3. The van der Waals surface area contributed by atoms with Gasteiger partial charge < -0.3 is 34.9 Å². The maximum Gasteiger partial charge on any atom is 0.407 e. The predicted molar refractivity (Wildman–Crippen MR) is 181 cm³/mol. The summed E-state index contributed by atoms with van der Waals surface area (Å²) in [7, 11) is 0. The van der Waals surface area contributed by atoms with Gasteiger partial charge in [0.2, 0.25) is 17.7 Å². The summed E-state index contributed by atoms with van der Waals surface area (Å²) in [6, 6.07) is 6.07. The van der Waals surface area contributed by atoms with E-state index in [0.717, 1.165) is 61.4 Å². The molecule has 0 bridgehead atoms. The highest BCUT2D eigenvalue weighted by Crippen LogP contribution is 2.45. The molecule has 1 aromatic heterocycles. The first kappa shape index (κ1) is 34.5. The minimum atomic E-state index is -1.41. The van der Waals surface area contributed by atoms with E-state index in [1.165, 1.54) is 4.90 Å². The number of nitrogens with zero attached hydrogens (tertiary/aromatic N) is 2. The molecule has 3 fully saturated rings. The number of ether oxygens (including phenoxy) is 3. The molecule has 1 aromatic carbocycles. The second kappa shape index (κ2) is 14.6. The summed E-state index contributed by atoms with van der Waals surface area (Å²) in [4.78, 5) is 59.5. The molecule has 0 unspecified atom stereocenters. The quantitative estimate of drug-likeness (QED) is 0.336. The Kier molecular flexibility index (Phi) is 10.3. The van der Waals surface area contributed by atoms with E-state index in [0.29, 0.717) is 24.5 Å². The standard InChI is InChI=1S/C37H48N4O8/c1-22(2)47-31-19-30(28-16-10-11-23(3)33(28)39-31)48-27-18-29-34(43)40-37(35(44)45)20-24(37)12-6-4-5-7-13-25(17-32(42)41(29)21-27)38-36(46)49-26-14-8-9-15-26/h6,10-12,16,19,22,24-27,29H,4-5,7-9,13-15,17-18,20-21H2,1-3H3,(H,38,46)(H,40,43)(H,44,45)/b12-6-/t24-,25+,27-,29+,37-/m1/s1. The van der Waals surface area contributed by atoms with Crippen molar-refractivity contribution < 1.29 is 38.5 Å². The van der Waals surface area contributed by atoms with Crippen LogP contribution in [0.5, 0.6) is 11.6 Å². The van der Waals surface area contributed by atoms with Gasteiger partial charge in [-0.1, -0.05) is 30.7 Å². The van der Waals surface area contributed by atoms with Gasteiger partial charge in [-0.2, -0.15) is 0 Å². The Bertz CT molecular complexity index is 1600. The van der Waals surface area contributed by atoms with Crippen LogP contribution in [0.25, 0.3) is 10.9 Å². The molecule has 0 radical (unpaired) electrons. The van der Waals surface area contributed by atoms with Crippen LogP contribution in [0.2, 0.25) is 0 Å². The summed E-state index contributed by atoms with van der Waals surface area (Å²) in [5, 5.41) is 16.7. The van der Waals surface area contributed by atoms with Crippen molar-refractivity contribution in [2.45, 2.75) is 127 Å². The molecule has 3 amide bonds. The molecule has 2 aromatic rings. The molecule has 1 saturated heterocycles. The zero-order valence-corrected chi connectivity index (χ0v) is 28.6. The number of aryl methyl sites for hydroxylation is 1. The lowest BCUT2D eigenvalue weighted by atomic mass is 10.0. The molecular formula is C37H48N4O8. The lowest BCUT2D eigenvalue weighted by Gasteiger charge is -2.27. The first-order valence-corrected chi connectivity index (χ1v) is 17.7. The summed E-state index contributed by atoms with van der Waals surface area (Å²) in [5.41, 5.74) is 0.270. The molecule has 3 heterocycles. The molecule has 5 atom stereocenters. The molecule has 2 aliphatic carbocycles. The van der Waals surface area contributed by atoms with Gasteiger partial charge in [0.25, 0.3) is 0 Å². The van der Waals surface area contributed by atoms with Crippen LogP contribution in [-0.2, 0) is 19.1 Å². The zero-order chi connectivity index (χ0) is 34.7. The first-order valence-electron chi connectivity index (χ1n) is 17.7. The fraction of sp³-hybridized carbons (Fsp3) is 0.595. The van der Waals surface area contributed by atoms with E-state index < -0.39 is 41.7 Å². The molecule has 6 rings (SSSR count). The number of pyridine rings is 1. The number of carboxylic acids is 1. The van der Waals surface area contributed by atoms with Crippen LogP contribution in [0.3, 0.4) is 0 Å². The highest BCUT2D eigenvalue weighted by atomic mass is 16.6. The average molecular weight is 677 g/mol. The van der Waals surface area contributed by atoms with E-state index in [1.54, 1.807) is 6.07 Å². The number of aromatic nitrogens is 1. The van der Waals surface area contributed by atoms with Crippen LogP contribution in [0.15, 0.2) is 36.4 Å². The molecule has 3 N–H and O–H groups in total. The number of benzene rings is 1. The van der Waals surface area contributed by atoms with Crippen molar-refractivity contribution in [2.24, 2.45) is 5.92 Å². The number of hydrogen-bond acceptors (Lipinski definition) is 8. The van der Waals surface area contributed by atoms with Crippen molar-refractivity contribution in [3.05, 3.63) is 42.0 Å². The number of aliphatic carboxylic acids is 1. The molecule has 4 aliphatic rings. The number of rotatable bonds is 7. The molecule has 2 aliphatic heterocycles. The van der Waals surface area contributed by atoms with E-state index >= 15 is 0 Å². The number of allylic oxidation sites excluding steroid dienone is 1. The number of carboxylic acid groups (broad SMARTS) is 1.